The number of sulfone groups is 1. The van der Waals surface area contributed by atoms with Gasteiger partial charge in [-0.3, -0.25) is 4.79 Å². The summed E-state index contributed by atoms with van der Waals surface area (Å²) in [7, 11) is -3.54. The number of hydrogen-bond donors (Lipinski definition) is 1. The second kappa shape index (κ2) is 8.18. The molecule has 0 radical (unpaired) electrons. The highest BCUT2D eigenvalue weighted by Gasteiger charge is 2.19. The molecule has 0 spiro atoms. The van der Waals surface area contributed by atoms with E-state index in [1.54, 1.807) is 30.3 Å². The van der Waals surface area contributed by atoms with E-state index in [0.29, 0.717) is 13.0 Å². The summed E-state index contributed by atoms with van der Waals surface area (Å²) < 4.78 is 42.9. The maximum Gasteiger partial charge on any atom is 0.287 e. The Kier molecular flexibility index (Phi) is 5.71. The van der Waals surface area contributed by atoms with Crippen molar-refractivity contribution in [2.75, 3.05) is 6.54 Å². The number of carbonyl (C=O) groups excluding carboxylic acids is 1. The molecule has 5 nitrogen and oxygen atoms in total. The third-order valence-corrected chi connectivity index (χ3v) is 5.59. The van der Waals surface area contributed by atoms with Crippen LogP contribution in [0.2, 0.25) is 0 Å². The SMILES string of the molecule is O=C(NCCc1ccc(F)cc1)c1ccc(CS(=O)(=O)c2ccccc2)o1. The Balaban J connectivity index is 1.56. The molecule has 0 saturated heterocycles. The molecule has 3 rings (SSSR count). The molecule has 0 bridgehead atoms. The molecule has 0 aliphatic heterocycles. The number of hydrogen-bond acceptors (Lipinski definition) is 4. The number of benzene rings is 2. The van der Waals surface area contributed by atoms with Crippen molar-refractivity contribution in [1.82, 2.24) is 5.32 Å². The zero-order chi connectivity index (χ0) is 19.3. The van der Waals surface area contributed by atoms with Crippen LogP contribution in [0.5, 0.6) is 0 Å². The zero-order valence-corrected chi connectivity index (χ0v) is 15.2. The summed E-state index contributed by atoms with van der Waals surface area (Å²) >= 11 is 0. The van der Waals surface area contributed by atoms with Crippen LogP contribution < -0.4 is 5.32 Å². The predicted octanol–water partition coefficient (Wildman–Crippen LogP) is 3.37. The Morgan fingerprint density at radius 1 is 0.963 bits per heavy atom. The summed E-state index contributed by atoms with van der Waals surface area (Å²) in [5, 5.41) is 2.69. The quantitative estimate of drug-likeness (QED) is 0.674. The first-order valence-corrected chi connectivity index (χ1v) is 9.98. The van der Waals surface area contributed by atoms with E-state index >= 15 is 0 Å². The van der Waals surface area contributed by atoms with Crippen molar-refractivity contribution in [3.63, 3.8) is 0 Å². The van der Waals surface area contributed by atoms with Crippen molar-refractivity contribution in [2.45, 2.75) is 17.1 Å². The van der Waals surface area contributed by atoms with Crippen LogP contribution in [-0.4, -0.2) is 20.9 Å². The number of nitrogens with one attached hydrogen (secondary N) is 1. The minimum atomic E-state index is -3.54. The maximum atomic E-state index is 12.9. The summed E-state index contributed by atoms with van der Waals surface area (Å²) in [5.74, 6) is -0.813. The van der Waals surface area contributed by atoms with Crippen molar-refractivity contribution in [1.29, 1.82) is 0 Å². The van der Waals surface area contributed by atoms with E-state index in [-0.39, 0.29) is 28.0 Å². The van der Waals surface area contributed by atoms with Crippen molar-refractivity contribution >= 4 is 15.7 Å². The molecule has 0 fully saturated rings. The van der Waals surface area contributed by atoms with Gasteiger partial charge < -0.3 is 9.73 Å². The van der Waals surface area contributed by atoms with Crippen molar-refractivity contribution < 1.29 is 22.0 Å². The first kappa shape index (κ1) is 18.8. The molecule has 0 saturated carbocycles. The van der Waals surface area contributed by atoms with Crippen LogP contribution >= 0.6 is 0 Å². The number of rotatable bonds is 7. The fourth-order valence-electron chi connectivity index (χ4n) is 2.53. The molecule has 140 valence electrons. The second-order valence-corrected chi connectivity index (χ2v) is 7.96. The van der Waals surface area contributed by atoms with Crippen LogP contribution in [0.4, 0.5) is 4.39 Å². The summed E-state index contributed by atoms with van der Waals surface area (Å²) in [6, 6.07) is 17.0. The van der Waals surface area contributed by atoms with Crippen LogP contribution in [-0.2, 0) is 22.0 Å². The molecular weight excluding hydrogens is 369 g/mol. The van der Waals surface area contributed by atoms with Crippen LogP contribution in [0.1, 0.15) is 21.9 Å². The van der Waals surface area contributed by atoms with Crippen LogP contribution in [0, 0.1) is 5.82 Å². The predicted molar refractivity (Wildman–Crippen MR) is 98.5 cm³/mol. The number of halogens is 1. The summed E-state index contributed by atoms with van der Waals surface area (Å²) in [6.45, 7) is 0.350. The van der Waals surface area contributed by atoms with E-state index in [0.717, 1.165) is 5.56 Å². The number of furan rings is 1. The lowest BCUT2D eigenvalue weighted by Crippen LogP contribution is -2.25. The highest BCUT2D eigenvalue weighted by molar-refractivity contribution is 7.90. The smallest absolute Gasteiger partial charge is 0.287 e. The molecule has 1 heterocycles. The first-order chi connectivity index (χ1) is 12.9. The molecular formula is C20H18FNO4S. The summed E-state index contributed by atoms with van der Waals surface area (Å²) in [4.78, 5) is 12.3. The van der Waals surface area contributed by atoms with Gasteiger partial charge in [-0.05, 0) is 48.4 Å². The first-order valence-electron chi connectivity index (χ1n) is 8.33. The van der Waals surface area contributed by atoms with Gasteiger partial charge in [0.2, 0.25) is 0 Å². The highest BCUT2D eigenvalue weighted by atomic mass is 32.2. The largest absolute Gasteiger partial charge is 0.455 e. The third-order valence-electron chi connectivity index (χ3n) is 3.93. The van der Waals surface area contributed by atoms with E-state index in [1.807, 2.05) is 0 Å². The van der Waals surface area contributed by atoms with Gasteiger partial charge >= 0.3 is 0 Å². The Hall–Kier alpha value is -2.93. The van der Waals surface area contributed by atoms with Gasteiger partial charge in [0.15, 0.2) is 15.6 Å². The fourth-order valence-corrected chi connectivity index (χ4v) is 3.80. The van der Waals surface area contributed by atoms with Gasteiger partial charge in [0.25, 0.3) is 5.91 Å². The van der Waals surface area contributed by atoms with Crippen molar-refractivity contribution in [3.8, 4) is 0 Å². The van der Waals surface area contributed by atoms with Crippen molar-refractivity contribution in [3.05, 3.63) is 89.6 Å². The fraction of sp³-hybridized carbons (Fsp3) is 0.150. The molecule has 3 aromatic rings. The van der Waals surface area contributed by atoms with Gasteiger partial charge in [-0.2, -0.15) is 0 Å². The molecule has 7 heteroatoms. The highest BCUT2D eigenvalue weighted by Crippen LogP contribution is 2.18. The van der Waals surface area contributed by atoms with Gasteiger partial charge in [0.05, 0.1) is 4.90 Å². The normalized spacial score (nSPS) is 11.3. The average Bonchev–Trinajstić information content (AvgIpc) is 3.12. The van der Waals surface area contributed by atoms with Gasteiger partial charge in [0, 0.05) is 6.54 Å². The number of amides is 1. The zero-order valence-electron chi connectivity index (χ0n) is 14.4. The molecule has 0 aliphatic rings. The molecule has 1 amide bonds. The van der Waals surface area contributed by atoms with E-state index in [1.165, 1.54) is 36.4 Å². The second-order valence-electron chi connectivity index (χ2n) is 5.97. The molecule has 2 aromatic carbocycles. The van der Waals surface area contributed by atoms with Gasteiger partial charge in [-0.15, -0.1) is 0 Å². The average molecular weight is 387 g/mol. The minimum absolute atomic E-state index is 0.0485. The molecule has 1 aromatic heterocycles. The Labute approximate surface area is 156 Å². The van der Waals surface area contributed by atoms with Crippen LogP contribution in [0.25, 0.3) is 0 Å². The lowest BCUT2D eigenvalue weighted by molar-refractivity contribution is 0.0925. The Morgan fingerprint density at radius 2 is 1.67 bits per heavy atom. The van der Waals surface area contributed by atoms with Crippen LogP contribution in [0.3, 0.4) is 0 Å². The number of carbonyl (C=O) groups is 1. The molecule has 1 N–H and O–H groups in total. The molecule has 0 atom stereocenters. The lowest BCUT2D eigenvalue weighted by atomic mass is 10.1. The Bertz CT molecular complexity index is 1010. The van der Waals surface area contributed by atoms with E-state index in [4.69, 9.17) is 4.42 Å². The van der Waals surface area contributed by atoms with Gasteiger partial charge in [0.1, 0.15) is 17.3 Å². The van der Waals surface area contributed by atoms with E-state index in [9.17, 15) is 17.6 Å². The third kappa shape index (κ3) is 5.04. The maximum absolute atomic E-state index is 12.9. The van der Waals surface area contributed by atoms with E-state index in [2.05, 4.69) is 5.32 Å². The molecule has 0 aliphatic carbocycles. The van der Waals surface area contributed by atoms with Crippen molar-refractivity contribution in [2.24, 2.45) is 0 Å². The monoisotopic (exact) mass is 387 g/mol. The minimum Gasteiger partial charge on any atom is -0.455 e. The molecule has 27 heavy (non-hydrogen) atoms. The van der Waals surface area contributed by atoms with Crippen LogP contribution in [0.15, 0.2) is 76.0 Å². The summed E-state index contributed by atoms with van der Waals surface area (Å²) in [5.41, 5.74) is 0.894. The molecule has 0 unspecified atom stereocenters. The van der Waals surface area contributed by atoms with Gasteiger partial charge in [-0.1, -0.05) is 30.3 Å². The summed E-state index contributed by atoms with van der Waals surface area (Å²) in [6.07, 6.45) is 0.544. The topological polar surface area (TPSA) is 76.4 Å². The van der Waals surface area contributed by atoms with Gasteiger partial charge in [-0.25, -0.2) is 12.8 Å². The Morgan fingerprint density at radius 3 is 2.37 bits per heavy atom. The van der Waals surface area contributed by atoms with E-state index < -0.39 is 15.7 Å². The lowest BCUT2D eigenvalue weighted by Gasteiger charge is -2.04. The standard InChI is InChI=1S/C20H18FNO4S/c21-16-8-6-15(7-9-16)12-13-22-20(23)19-11-10-17(26-19)14-27(24,25)18-4-2-1-3-5-18/h1-11H,12-14H2,(H,22,23).